The molecule has 2 fully saturated rings. The first kappa shape index (κ1) is 15.2. The Morgan fingerprint density at radius 3 is 2.68 bits per heavy atom. The van der Waals surface area contributed by atoms with E-state index >= 15 is 0 Å². The second-order valence-corrected chi connectivity index (χ2v) is 6.36. The molecule has 1 unspecified atom stereocenters. The third kappa shape index (κ3) is 4.42. The van der Waals surface area contributed by atoms with E-state index in [-0.39, 0.29) is 5.60 Å². The van der Waals surface area contributed by atoms with E-state index in [2.05, 4.69) is 31.1 Å². The molecule has 0 radical (unpaired) electrons. The van der Waals surface area contributed by atoms with Crippen LogP contribution in [0.25, 0.3) is 0 Å². The van der Waals surface area contributed by atoms with Gasteiger partial charge in [-0.15, -0.1) is 0 Å². The summed E-state index contributed by atoms with van der Waals surface area (Å²) in [5, 5.41) is 3.72. The van der Waals surface area contributed by atoms with Gasteiger partial charge in [0, 0.05) is 45.0 Å². The van der Waals surface area contributed by atoms with Crippen LogP contribution in [0.1, 0.15) is 39.5 Å². The van der Waals surface area contributed by atoms with E-state index < -0.39 is 0 Å². The van der Waals surface area contributed by atoms with Crippen molar-refractivity contribution in [3.63, 3.8) is 0 Å². The number of hydrogen-bond donors (Lipinski definition) is 1. The van der Waals surface area contributed by atoms with Gasteiger partial charge in [-0.3, -0.25) is 0 Å². The van der Waals surface area contributed by atoms with Crippen LogP contribution in [-0.2, 0) is 9.47 Å². The van der Waals surface area contributed by atoms with E-state index in [1.807, 2.05) is 0 Å². The third-order valence-electron chi connectivity index (χ3n) is 4.68. The number of likely N-dealkylation sites (N-methyl/N-ethyl adjacent to an activating group) is 1. The Labute approximate surface area is 117 Å². The van der Waals surface area contributed by atoms with Gasteiger partial charge in [-0.25, -0.2) is 0 Å². The van der Waals surface area contributed by atoms with Crippen molar-refractivity contribution in [2.24, 2.45) is 0 Å². The largest absolute Gasteiger partial charge is 0.381 e. The van der Waals surface area contributed by atoms with Crippen molar-refractivity contribution >= 4 is 0 Å². The first-order valence-corrected chi connectivity index (χ1v) is 7.77. The highest BCUT2D eigenvalue weighted by molar-refractivity contribution is 4.91. The Morgan fingerprint density at radius 1 is 1.26 bits per heavy atom. The zero-order valence-electron chi connectivity index (χ0n) is 12.8. The monoisotopic (exact) mass is 270 g/mol. The second-order valence-electron chi connectivity index (χ2n) is 6.36. The molecule has 4 heteroatoms. The smallest absolute Gasteiger partial charge is 0.0741 e. The zero-order chi connectivity index (χ0) is 13.7. The van der Waals surface area contributed by atoms with Crippen LogP contribution in [0.5, 0.6) is 0 Å². The minimum Gasteiger partial charge on any atom is -0.381 e. The quantitative estimate of drug-likeness (QED) is 0.823. The number of hydrogen-bond acceptors (Lipinski definition) is 4. The molecule has 2 aliphatic heterocycles. The number of nitrogens with one attached hydrogen (secondary N) is 1. The fraction of sp³-hybridized carbons (Fsp3) is 1.00. The van der Waals surface area contributed by atoms with Gasteiger partial charge in [0.2, 0.25) is 0 Å². The molecule has 4 nitrogen and oxygen atoms in total. The maximum absolute atomic E-state index is 6.07. The van der Waals surface area contributed by atoms with Gasteiger partial charge >= 0.3 is 0 Å². The van der Waals surface area contributed by atoms with Crippen LogP contribution < -0.4 is 5.32 Å². The molecular formula is C15H30N2O2. The highest BCUT2D eigenvalue weighted by Crippen LogP contribution is 2.34. The van der Waals surface area contributed by atoms with Gasteiger partial charge in [0.05, 0.1) is 5.60 Å². The molecule has 0 aromatic rings. The van der Waals surface area contributed by atoms with Crippen molar-refractivity contribution in [1.29, 1.82) is 0 Å². The van der Waals surface area contributed by atoms with Gasteiger partial charge in [0.15, 0.2) is 0 Å². The van der Waals surface area contributed by atoms with Crippen LogP contribution in [0.3, 0.4) is 0 Å². The maximum Gasteiger partial charge on any atom is 0.0741 e. The Bertz CT molecular complexity index is 259. The summed E-state index contributed by atoms with van der Waals surface area (Å²) < 4.78 is 11.5. The molecule has 0 aromatic carbocycles. The van der Waals surface area contributed by atoms with Gasteiger partial charge in [-0.1, -0.05) is 0 Å². The SMILES string of the molecule is CC(C)N(C)CCNC1CCOC2(CCOCC2)C1. The number of nitrogens with zero attached hydrogens (tertiary/aromatic N) is 1. The molecule has 2 saturated heterocycles. The van der Waals surface area contributed by atoms with E-state index in [9.17, 15) is 0 Å². The van der Waals surface area contributed by atoms with Crippen molar-refractivity contribution in [1.82, 2.24) is 10.2 Å². The molecular weight excluding hydrogens is 240 g/mol. The molecule has 0 amide bonds. The predicted molar refractivity (Wildman–Crippen MR) is 77.5 cm³/mol. The molecule has 1 atom stereocenters. The van der Waals surface area contributed by atoms with Gasteiger partial charge in [-0.2, -0.15) is 0 Å². The molecule has 1 N–H and O–H groups in total. The standard InChI is InChI=1S/C15H30N2O2/c1-13(2)17(3)8-7-16-14-4-9-19-15(12-14)5-10-18-11-6-15/h13-14,16H,4-12H2,1-3H3. The highest BCUT2D eigenvalue weighted by atomic mass is 16.5. The lowest BCUT2D eigenvalue weighted by Gasteiger charge is -2.43. The lowest BCUT2D eigenvalue weighted by molar-refractivity contribution is -0.140. The Hall–Kier alpha value is -0.160. The summed E-state index contributed by atoms with van der Waals surface area (Å²) in [5.41, 5.74) is 0.109. The van der Waals surface area contributed by atoms with Gasteiger partial charge < -0.3 is 19.7 Å². The van der Waals surface area contributed by atoms with Crippen LogP contribution in [-0.4, -0.2) is 62.5 Å². The summed E-state index contributed by atoms with van der Waals surface area (Å²) in [6.07, 6.45) is 4.43. The van der Waals surface area contributed by atoms with Crippen LogP contribution in [0, 0.1) is 0 Å². The van der Waals surface area contributed by atoms with Crippen molar-refractivity contribution < 1.29 is 9.47 Å². The molecule has 1 spiro atoms. The molecule has 0 aliphatic carbocycles. The van der Waals surface area contributed by atoms with Crippen LogP contribution >= 0.6 is 0 Å². The first-order valence-electron chi connectivity index (χ1n) is 7.77. The summed E-state index contributed by atoms with van der Waals surface area (Å²) in [7, 11) is 2.19. The van der Waals surface area contributed by atoms with E-state index in [0.29, 0.717) is 12.1 Å². The number of ether oxygens (including phenoxy) is 2. The van der Waals surface area contributed by atoms with Crippen molar-refractivity contribution in [3.05, 3.63) is 0 Å². The Kier molecular flexibility index (Phi) is 5.63. The molecule has 0 aromatic heterocycles. The van der Waals surface area contributed by atoms with Gasteiger partial charge in [0.25, 0.3) is 0 Å². The van der Waals surface area contributed by atoms with E-state index in [1.54, 1.807) is 0 Å². The fourth-order valence-corrected chi connectivity index (χ4v) is 3.00. The van der Waals surface area contributed by atoms with Crippen molar-refractivity contribution in [2.45, 2.75) is 57.2 Å². The molecule has 2 aliphatic rings. The van der Waals surface area contributed by atoms with Crippen LogP contribution in [0.4, 0.5) is 0 Å². The summed E-state index contributed by atoms with van der Waals surface area (Å²) in [5.74, 6) is 0. The van der Waals surface area contributed by atoms with Crippen molar-refractivity contribution in [3.8, 4) is 0 Å². The number of rotatable bonds is 5. The average Bonchev–Trinajstić information content (AvgIpc) is 2.39. The Morgan fingerprint density at radius 2 is 2.00 bits per heavy atom. The average molecular weight is 270 g/mol. The zero-order valence-corrected chi connectivity index (χ0v) is 12.8. The lowest BCUT2D eigenvalue weighted by Crippen LogP contribution is -2.50. The van der Waals surface area contributed by atoms with Gasteiger partial charge in [-0.05, 0) is 46.6 Å². The fourth-order valence-electron chi connectivity index (χ4n) is 3.00. The normalized spacial score (nSPS) is 27.3. The maximum atomic E-state index is 6.07. The molecule has 19 heavy (non-hydrogen) atoms. The van der Waals surface area contributed by atoms with E-state index in [4.69, 9.17) is 9.47 Å². The van der Waals surface area contributed by atoms with Crippen LogP contribution in [0.15, 0.2) is 0 Å². The summed E-state index contributed by atoms with van der Waals surface area (Å²) in [4.78, 5) is 2.39. The molecule has 112 valence electrons. The Balaban J connectivity index is 1.72. The van der Waals surface area contributed by atoms with Crippen molar-refractivity contribution in [2.75, 3.05) is 40.0 Å². The first-order chi connectivity index (χ1) is 9.11. The topological polar surface area (TPSA) is 33.7 Å². The summed E-state index contributed by atoms with van der Waals surface area (Å²) >= 11 is 0. The lowest BCUT2D eigenvalue weighted by atomic mass is 9.84. The predicted octanol–water partition coefficient (Wildman–Crippen LogP) is 1.64. The van der Waals surface area contributed by atoms with E-state index in [1.165, 1.54) is 0 Å². The van der Waals surface area contributed by atoms with E-state index in [0.717, 1.165) is 58.6 Å². The minimum atomic E-state index is 0.109. The van der Waals surface area contributed by atoms with Gasteiger partial charge in [0.1, 0.15) is 0 Å². The minimum absolute atomic E-state index is 0.109. The highest BCUT2D eigenvalue weighted by Gasteiger charge is 2.38. The second kappa shape index (κ2) is 7.02. The molecule has 0 bridgehead atoms. The molecule has 0 saturated carbocycles. The molecule has 2 heterocycles. The third-order valence-corrected chi connectivity index (χ3v) is 4.68. The summed E-state index contributed by atoms with van der Waals surface area (Å²) in [6, 6.07) is 1.24. The van der Waals surface area contributed by atoms with Crippen LogP contribution in [0.2, 0.25) is 0 Å². The summed E-state index contributed by atoms with van der Waals surface area (Å²) in [6.45, 7) is 9.30. The molecule has 2 rings (SSSR count).